The van der Waals surface area contributed by atoms with Gasteiger partial charge in [-0.05, 0) is 18.8 Å². The van der Waals surface area contributed by atoms with E-state index >= 15 is 0 Å². The van der Waals surface area contributed by atoms with Gasteiger partial charge in [-0.2, -0.15) is 0 Å². The molecule has 1 aliphatic rings. The Morgan fingerprint density at radius 2 is 2.05 bits per heavy atom. The topological polar surface area (TPSA) is 127 Å². The number of carbonyl (C=O) groups is 3. The van der Waals surface area contributed by atoms with Crippen LogP contribution in [0.4, 0.5) is 0 Å². The second kappa shape index (κ2) is 5.72. The number of hydrogen-bond donors (Lipinski definition) is 2. The Labute approximate surface area is 114 Å². The molecule has 1 fully saturated rings. The van der Waals surface area contributed by atoms with Crippen LogP contribution in [-0.2, 0) is 4.79 Å². The minimum atomic E-state index is -1.27. The minimum Gasteiger partial charge on any atom is -0.475 e. The van der Waals surface area contributed by atoms with Crippen LogP contribution in [0.1, 0.15) is 40.3 Å². The largest absolute Gasteiger partial charge is 0.475 e. The molecule has 1 aromatic heterocycles. The molecule has 0 aromatic carbocycles. The van der Waals surface area contributed by atoms with Gasteiger partial charge in [-0.25, -0.2) is 4.79 Å². The van der Waals surface area contributed by atoms with Crippen molar-refractivity contribution in [1.29, 1.82) is 0 Å². The summed E-state index contributed by atoms with van der Waals surface area (Å²) < 4.78 is 4.55. The number of rotatable bonds is 4. The van der Waals surface area contributed by atoms with Crippen LogP contribution in [0.25, 0.3) is 0 Å². The van der Waals surface area contributed by atoms with Crippen LogP contribution in [0.3, 0.4) is 0 Å². The molecule has 0 aliphatic carbocycles. The summed E-state index contributed by atoms with van der Waals surface area (Å²) in [7, 11) is 0. The predicted molar refractivity (Wildman–Crippen MR) is 65.9 cm³/mol. The average Bonchev–Trinajstić information content (AvgIpc) is 2.88. The maximum Gasteiger partial charge on any atom is 0.374 e. The molecule has 0 radical (unpaired) electrons. The maximum absolute atomic E-state index is 12.1. The zero-order chi connectivity index (χ0) is 14.7. The highest BCUT2D eigenvalue weighted by molar-refractivity contribution is 5.94. The summed E-state index contributed by atoms with van der Waals surface area (Å²) in [5.41, 5.74) is 5.12. The first-order valence-corrected chi connectivity index (χ1v) is 6.25. The normalized spacial score (nSPS) is 16.1. The lowest BCUT2D eigenvalue weighted by Gasteiger charge is -2.30. The number of primary amides is 1. The lowest BCUT2D eigenvalue weighted by Crippen LogP contribution is -2.39. The van der Waals surface area contributed by atoms with Crippen molar-refractivity contribution in [3.63, 3.8) is 0 Å². The molecular formula is C12H15N3O5. The van der Waals surface area contributed by atoms with Gasteiger partial charge in [-0.1, -0.05) is 5.16 Å². The zero-order valence-corrected chi connectivity index (χ0v) is 10.7. The highest BCUT2D eigenvalue weighted by Crippen LogP contribution is 2.21. The number of likely N-dealkylation sites (tertiary alicyclic amines) is 1. The summed E-state index contributed by atoms with van der Waals surface area (Å²) in [6, 6.07) is 1.11. The van der Waals surface area contributed by atoms with Gasteiger partial charge in [0.05, 0.1) is 0 Å². The van der Waals surface area contributed by atoms with Gasteiger partial charge in [0.2, 0.25) is 11.7 Å². The molecule has 2 rings (SSSR count). The molecule has 8 heteroatoms. The molecule has 1 saturated heterocycles. The Kier molecular flexibility index (Phi) is 4.02. The van der Waals surface area contributed by atoms with Crippen LogP contribution in [0.15, 0.2) is 10.6 Å². The van der Waals surface area contributed by atoms with Crippen LogP contribution in [0, 0.1) is 5.92 Å². The van der Waals surface area contributed by atoms with Crippen LogP contribution < -0.4 is 5.73 Å². The van der Waals surface area contributed by atoms with Gasteiger partial charge >= 0.3 is 5.97 Å². The molecule has 0 saturated carbocycles. The van der Waals surface area contributed by atoms with Crippen molar-refractivity contribution in [1.82, 2.24) is 10.1 Å². The smallest absolute Gasteiger partial charge is 0.374 e. The van der Waals surface area contributed by atoms with E-state index in [9.17, 15) is 14.4 Å². The lowest BCUT2D eigenvalue weighted by molar-refractivity contribution is -0.119. The molecule has 2 amide bonds. The summed E-state index contributed by atoms with van der Waals surface area (Å²) in [5, 5.41) is 12.2. The van der Waals surface area contributed by atoms with E-state index in [0.717, 1.165) is 6.07 Å². The number of nitrogens with zero attached hydrogens (tertiary/aromatic N) is 2. The van der Waals surface area contributed by atoms with E-state index in [4.69, 9.17) is 10.8 Å². The van der Waals surface area contributed by atoms with Crippen molar-refractivity contribution in [2.45, 2.75) is 19.3 Å². The first-order chi connectivity index (χ1) is 9.47. The van der Waals surface area contributed by atoms with Crippen molar-refractivity contribution < 1.29 is 24.0 Å². The summed E-state index contributed by atoms with van der Waals surface area (Å²) in [6.07, 6.45) is 1.71. The second-order valence-corrected chi connectivity index (χ2v) is 4.79. The second-order valence-electron chi connectivity index (χ2n) is 4.79. The molecule has 0 bridgehead atoms. The van der Waals surface area contributed by atoms with E-state index < -0.39 is 5.97 Å². The maximum atomic E-state index is 12.1. The number of carboxylic acids is 1. The SMILES string of the molecule is NC(=O)CC1CCN(C(=O)c2cc(C(=O)O)on2)CC1. The van der Waals surface area contributed by atoms with Crippen LogP contribution >= 0.6 is 0 Å². The molecule has 20 heavy (non-hydrogen) atoms. The van der Waals surface area contributed by atoms with Crippen LogP contribution in [-0.4, -0.2) is 46.0 Å². The number of aromatic carboxylic acids is 1. The standard InChI is InChI=1S/C12H15N3O5/c13-10(16)5-7-1-3-15(4-2-7)11(17)8-6-9(12(18)19)20-14-8/h6-7H,1-5H2,(H2,13,16)(H,18,19). The van der Waals surface area contributed by atoms with Gasteiger partial charge in [0.15, 0.2) is 5.69 Å². The van der Waals surface area contributed by atoms with Crippen molar-refractivity contribution in [2.24, 2.45) is 11.7 Å². The Balaban J connectivity index is 1.94. The molecule has 8 nitrogen and oxygen atoms in total. The molecular weight excluding hydrogens is 266 g/mol. The quantitative estimate of drug-likeness (QED) is 0.805. The van der Waals surface area contributed by atoms with E-state index in [-0.39, 0.29) is 29.2 Å². The first-order valence-electron chi connectivity index (χ1n) is 6.25. The van der Waals surface area contributed by atoms with E-state index in [1.165, 1.54) is 0 Å². The number of amides is 2. The zero-order valence-electron chi connectivity index (χ0n) is 10.7. The fourth-order valence-corrected chi connectivity index (χ4v) is 2.26. The van der Waals surface area contributed by atoms with E-state index in [1.54, 1.807) is 4.90 Å². The molecule has 2 heterocycles. The Hall–Kier alpha value is -2.38. The fraction of sp³-hybridized carbons (Fsp3) is 0.500. The summed E-state index contributed by atoms with van der Waals surface area (Å²) in [6.45, 7) is 0.984. The van der Waals surface area contributed by atoms with Gasteiger partial charge in [-0.15, -0.1) is 0 Å². The average molecular weight is 281 g/mol. The van der Waals surface area contributed by atoms with Gasteiger partial charge in [0, 0.05) is 25.6 Å². The van der Waals surface area contributed by atoms with Crippen molar-refractivity contribution in [3.05, 3.63) is 17.5 Å². The lowest BCUT2D eigenvalue weighted by atomic mass is 9.93. The van der Waals surface area contributed by atoms with Crippen molar-refractivity contribution in [2.75, 3.05) is 13.1 Å². The van der Waals surface area contributed by atoms with Gasteiger partial charge in [0.1, 0.15) is 0 Å². The van der Waals surface area contributed by atoms with E-state index in [1.807, 2.05) is 0 Å². The number of carbonyl (C=O) groups excluding carboxylic acids is 2. The fourth-order valence-electron chi connectivity index (χ4n) is 2.26. The molecule has 0 spiro atoms. The number of aromatic nitrogens is 1. The first kappa shape index (κ1) is 14.0. The van der Waals surface area contributed by atoms with E-state index in [2.05, 4.69) is 9.68 Å². The number of carboxylic acid groups (broad SMARTS) is 1. The number of nitrogens with two attached hydrogens (primary N) is 1. The molecule has 1 aliphatic heterocycles. The Bertz CT molecular complexity index is 531. The predicted octanol–water partition coefficient (Wildman–Crippen LogP) is 0.100. The third kappa shape index (κ3) is 3.14. The Morgan fingerprint density at radius 3 is 2.55 bits per heavy atom. The van der Waals surface area contributed by atoms with Crippen molar-refractivity contribution >= 4 is 17.8 Å². The molecule has 0 atom stereocenters. The molecule has 108 valence electrons. The van der Waals surface area contributed by atoms with E-state index in [0.29, 0.717) is 32.4 Å². The summed E-state index contributed by atoms with van der Waals surface area (Å²) in [5.74, 6) is -2.13. The Morgan fingerprint density at radius 1 is 1.40 bits per heavy atom. The molecule has 1 aromatic rings. The summed E-state index contributed by atoms with van der Waals surface area (Å²) in [4.78, 5) is 35.1. The van der Waals surface area contributed by atoms with Crippen LogP contribution in [0.2, 0.25) is 0 Å². The summed E-state index contributed by atoms with van der Waals surface area (Å²) >= 11 is 0. The number of hydrogen-bond acceptors (Lipinski definition) is 5. The van der Waals surface area contributed by atoms with Crippen molar-refractivity contribution in [3.8, 4) is 0 Å². The van der Waals surface area contributed by atoms with Gasteiger partial charge in [0.25, 0.3) is 5.91 Å². The highest BCUT2D eigenvalue weighted by atomic mass is 16.5. The molecule has 0 unspecified atom stereocenters. The minimum absolute atomic E-state index is 0.0178. The van der Waals surface area contributed by atoms with Crippen LogP contribution in [0.5, 0.6) is 0 Å². The van der Waals surface area contributed by atoms with Gasteiger partial charge in [-0.3, -0.25) is 9.59 Å². The highest BCUT2D eigenvalue weighted by Gasteiger charge is 2.27. The third-order valence-electron chi connectivity index (χ3n) is 3.33. The number of piperidine rings is 1. The van der Waals surface area contributed by atoms with Gasteiger partial charge < -0.3 is 20.3 Å². The molecule has 3 N–H and O–H groups in total. The monoisotopic (exact) mass is 281 g/mol. The third-order valence-corrected chi connectivity index (χ3v) is 3.33.